The van der Waals surface area contributed by atoms with E-state index in [0.29, 0.717) is 12.5 Å². The van der Waals surface area contributed by atoms with E-state index in [1.807, 2.05) is 24.3 Å². The van der Waals surface area contributed by atoms with E-state index in [1.54, 1.807) is 0 Å². The molecule has 1 saturated heterocycles. The fourth-order valence-corrected chi connectivity index (χ4v) is 4.67. The number of carbonyl (C=O) groups excluding carboxylic acids is 1. The predicted octanol–water partition coefficient (Wildman–Crippen LogP) is 5.13. The number of benzene rings is 2. The molecule has 0 bridgehead atoms. The number of carbonyl (C=O) groups is 1. The second-order valence-electron chi connectivity index (χ2n) is 8.03. The second-order valence-corrected chi connectivity index (χ2v) is 8.03. The normalized spacial score (nSPS) is 27.4. The smallest absolute Gasteiger partial charge is 0.229 e. The molecule has 2 fully saturated rings. The minimum atomic E-state index is -0.223. The van der Waals surface area contributed by atoms with Crippen molar-refractivity contribution >= 4 is 5.91 Å². The molecule has 1 aliphatic carbocycles. The second kappa shape index (κ2) is 7.85. The zero-order valence-electron chi connectivity index (χ0n) is 16.1. The average molecular weight is 364 g/mol. The highest BCUT2D eigenvalue weighted by atomic mass is 16.5. The van der Waals surface area contributed by atoms with E-state index in [4.69, 9.17) is 4.74 Å². The predicted molar refractivity (Wildman–Crippen MR) is 107 cm³/mol. The van der Waals surface area contributed by atoms with Crippen LogP contribution in [-0.2, 0) is 16.1 Å². The Morgan fingerprint density at radius 2 is 1.74 bits per heavy atom. The van der Waals surface area contributed by atoms with Gasteiger partial charge in [0.1, 0.15) is 0 Å². The molecule has 0 aromatic heterocycles. The maximum absolute atomic E-state index is 13.5. The topological polar surface area (TPSA) is 29.5 Å². The maximum Gasteiger partial charge on any atom is 0.229 e. The van der Waals surface area contributed by atoms with Gasteiger partial charge in [0.05, 0.1) is 24.2 Å². The van der Waals surface area contributed by atoms with Crippen LogP contribution in [0.5, 0.6) is 0 Å². The first-order valence-corrected chi connectivity index (χ1v) is 10.2. The first-order chi connectivity index (χ1) is 13.2. The lowest BCUT2D eigenvalue weighted by molar-refractivity contribution is -0.163. The molecule has 2 aliphatic rings. The number of rotatable bonds is 6. The summed E-state index contributed by atoms with van der Waals surface area (Å²) in [4.78, 5) is 15.6. The third-order valence-corrected chi connectivity index (χ3v) is 6.39. The molecule has 0 N–H and O–H groups in total. The van der Waals surface area contributed by atoms with Crippen molar-refractivity contribution in [1.82, 2.24) is 4.90 Å². The van der Waals surface area contributed by atoms with Gasteiger partial charge in [0.15, 0.2) is 0 Å². The van der Waals surface area contributed by atoms with Gasteiger partial charge in [-0.15, -0.1) is 0 Å². The Morgan fingerprint density at radius 3 is 2.41 bits per heavy atom. The van der Waals surface area contributed by atoms with E-state index in [-0.39, 0.29) is 17.6 Å². The lowest BCUT2D eigenvalue weighted by Crippen LogP contribution is -2.53. The molecule has 1 unspecified atom stereocenters. The molecule has 1 amide bonds. The van der Waals surface area contributed by atoms with E-state index in [0.717, 1.165) is 38.6 Å². The Hall–Kier alpha value is -2.13. The Bertz CT molecular complexity index is 752. The van der Waals surface area contributed by atoms with Crippen LogP contribution < -0.4 is 0 Å². The number of likely N-dealkylation sites (tertiary alicyclic amines) is 1. The molecule has 1 saturated carbocycles. The van der Waals surface area contributed by atoms with Gasteiger partial charge >= 0.3 is 0 Å². The van der Waals surface area contributed by atoms with Crippen LogP contribution in [0.4, 0.5) is 0 Å². The largest absolute Gasteiger partial charge is 0.373 e. The number of nitrogens with zero attached hydrogens (tertiary/aromatic N) is 1. The van der Waals surface area contributed by atoms with Crippen LogP contribution in [0.2, 0.25) is 0 Å². The van der Waals surface area contributed by atoms with Gasteiger partial charge in [0, 0.05) is 6.54 Å². The molecule has 0 radical (unpaired) electrons. The Balaban J connectivity index is 1.39. The van der Waals surface area contributed by atoms with Crippen LogP contribution in [0.3, 0.4) is 0 Å². The first-order valence-electron chi connectivity index (χ1n) is 10.2. The van der Waals surface area contributed by atoms with Crippen molar-refractivity contribution in [2.75, 3.05) is 6.54 Å². The van der Waals surface area contributed by atoms with Crippen molar-refractivity contribution in [2.45, 2.75) is 57.8 Å². The highest BCUT2D eigenvalue weighted by molar-refractivity contribution is 5.84. The van der Waals surface area contributed by atoms with Crippen molar-refractivity contribution in [2.24, 2.45) is 5.41 Å². The van der Waals surface area contributed by atoms with Gasteiger partial charge in [-0.2, -0.15) is 0 Å². The van der Waals surface area contributed by atoms with Gasteiger partial charge in [-0.25, -0.2) is 0 Å². The average Bonchev–Trinajstić information content (AvgIpc) is 3.18. The number of hydrogen-bond acceptors (Lipinski definition) is 2. The van der Waals surface area contributed by atoms with E-state index in [1.165, 1.54) is 11.1 Å². The van der Waals surface area contributed by atoms with E-state index in [2.05, 4.69) is 48.2 Å². The van der Waals surface area contributed by atoms with Gasteiger partial charge < -0.3 is 9.64 Å². The van der Waals surface area contributed by atoms with Gasteiger partial charge in [0.25, 0.3) is 0 Å². The van der Waals surface area contributed by atoms with Crippen molar-refractivity contribution in [1.29, 1.82) is 0 Å². The molecular formula is C24H29NO2. The van der Waals surface area contributed by atoms with Crippen LogP contribution in [0.15, 0.2) is 60.7 Å². The van der Waals surface area contributed by atoms with Gasteiger partial charge in [0.2, 0.25) is 5.91 Å². The quantitative estimate of drug-likeness (QED) is 0.712. The van der Waals surface area contributed by atoms with Gasteiger partial charge in [-0.1, -0.05) is 67.6 Å². The Labute approximate surface area is 162 Å². The van der Waals surface area contributed by atoms with Crippen molar-refractivity contribution in [3.8, 4) is 0 Å². The SMILES string of the molecule is CCC1(C(=O)N2CCCC2c2ccccc2)CC(OCc2ccccc2)C1. The van der Waals surface area contributed by atoms with Gasteiger partial charge in [-0.3, -0.25) is 4.79 Å². The summed E-state index contributed by atoms with van der Waals surface area (Å²) in [5, 5.41) is 0. The van der Waals surface area contributed by atoms with Crippen LogP contribution in [0.1, 0.15) is 56.2 Å². The molecule has 3 nitrogen and oxygen atoms in total. The third-order valence-electron chi connectivity index (χ3n) is 6.39. The van der Waals surface area contributed by atoms with Crippen LogP contribution >= 0.6 is 0 Å². The van der Waals surface area contributed by atoms with E-state index in [9.17, 15) is 4.79 Å². The summed E-state index contributed by atoms with van der Waals surface area (Å²) in [6.07, 6.45) is 4.98. The summed E-state index contributed by atoms with van der Waals surface area (Å²) in [5.74, 6) is 0.343. The number of amides is 1. The first kappa shape index (κ1) is 18.2. The molecule has 1 atom stereocenters. The summed E-state index contributed by atoms with van der Waals surface area (Å²) in [7, 11) is 0. The Kier molecular flexibility index (Phi) is 5.31. The summed E-state index contributed by atoms with van der Waals surface area (Å²) in [6, 6.07) is 21.0. The monoisotopic (exact) mass is 363 g/mol. The van der Waals surface area contributed by atoms with Crippen molar-refractivity contribution in [3.05, 3.63) is 71.8 Å². The highest BCUT2D eigenvalue weighted by Crippen LogP contribution is 2.49. The molecule has 1 aliphatic heterocycles. The lowest BCUT2D eigenvalue weighted by Gasteiger charge is -2.48. The summed E-state index contributed by atoms with van der Waals surface area (Å²) in [5.41, 5.74) is 2.24. The lowest BCUT2D eigenvalue weighted by atomic mass is 9.64. The van der Waals surface area contributed by atoms with Crippen LogP contribution in [0, 0.1) is 5.41 Å². The molecular weight excluding hydrogens is 334 g/mol. The molecule has 2 aromatic carbocycles. The zero-order chi connectivity index (χ0) is 18.7. The minimum Gasteiger partial charge on any atom is -0.373 e. The summed E-state index contributed by atoms with van der Waals surface area (Å²) >= 11 is 0. The van der Waals surface area contributed by atoms with E-state index < -0.39 is 0 Å². The minimum absolute atomic E-state index is 0.201. The highest BCUT2D eigenvalue weighted by Gasteiger charge is 2.52. The number of ether oxygens (including phenoxy) is 1. The summed E-state index contributed by atoms with van der Waals surface area (Å²) in [6.45, 7) is 3.67. The maximum atomic E-state index is 13.5. The zero-order valence-corrected chi connectivity index (χ0v) is 16.1. The molecule has 2 aromatic rings. The molecule has 142 valence electrons. The molecule has 27 heavy (non-hydrogen) atoms. The van der Waals surface area contributed by atoms with E-state index >= 15 is 0 Å². The molecule has 0 spiro atoms. The fraction of sp³-hybridized carbons (Fsp3) is 0.458. The van der Waals surface area contributed by atoms with Gasteiger partial charge in [-0.05, 0) is 43.2 Å². The van der Waals surface area contributed by atoms with Crippen molar-refractivity contribution < 1.29 is 9.53 Å². The standard InChI is InChI=1S/C24H29NO2/c1-2-24(16-21(17-24)27-18-19-10-5-3-6-11-19)23(26)25-15-9-14-22(25)20-12-7-4-8-13-20/h3-8,10-13,21-22H,2,9,14-18H2,1H3. The van der Waals surface area contributed by atoms with Crippen LogP contribution in [0.25, 0.3) is 0 Å². The molecule has 1 heterocycles. The third kappa shape index (κ3) is 3.66. The molecule has 3 heteroatoms. The van der Waals surface area contributed by atoms with Crippen molar-refractivity contribution in [3.63, 3.8) is 0 Å². The number of hydrogen-bond donors (Lipinski definition) is 0. The fourth-order valence-electron chi connectivity index (χ4n) is 4.67. The Morgan fingerprint density at radius 1 is 1.07 bits per heavy atom. The molecule has 4 rings (SSSR count). The summed E-state index contributed by atoms with van der Waals surface area (Å²) < 4.78 is 6.07. The van der Waals surface area contributed by atoms with Crippen LogP contribution in [-0.4, -0.2) is 23.5 Å².